The summed E-state index contributed by atoms with van der Waals surface area (Å²) in [5.74, 6) is 1.74. The van der Waals surface area contributed by atoms with Crippen LogP contribution in [0.5, 0.6) is 0 Å². The zero-order chi connectivity index (χ0) is 14.4. The maximum atomic E-state index is 4.52. The summed E-state index contributed by atoms with van der Waals surface area (Å²) in [5.41, 5.74) is 1.06. The smallest absolute Gasteiger partial charge is 0.144 e. The highest BCUT2D eigenvalue weighted by Crippen LogP contribution is 2.27. The second-order valence-corrected chi connectivity index (χ2v) is 6.16. The quantitative estimate of drug-likeness (QED) is 0.865. The molecule has 2 atom stereocenters. The molecule has 4 nitrogen and oxygen atoms in total. The normalized spacial score (nSPS) is 23.0. The predicted octanol–water partition coefficient (Wildman–Crippen LogP) is 3.31. The highest BCUT2D eigenvalue weighted by Gasteiger charge is 2.22. The largest absolute Gasteiger partial charge is 0.369 e. The molecule has 0 aliphatic heterocycles. The van der Waals surface area contributed by atoms with Crippen molar-refractivity contribution in [1.29, 1.82) is 0 Å². The zero-order valence-electron chi connectivity index (χ0n) is 13.1. The van der Waals surface area contributed by atoms with Crippen molar-refractivity contribution in [3.63, 3.8) is 0 Å². The molecule has 0 radical (unpaired) electrons. The summed E-state index contributed by atoms with van der Waals surface area (Å²) in [7, 11) is 2.22. The molecule has 20 heavy (non-hydrogen) atoms. The van der Waals surface area contributed by atoms with Crippen LogP contribution in [0.1, 0.15) is 51.6 Å². The Hall–Kier alpha value is -1.16. The minimum absolute atomic E-state index is 0.707. The first-order valence-electron chi connectivity index (χ1n) is 7.94. The van der Waals surface area contributed by atoms with Gasteiger partial charge in [0.2, 0.25) is 0 Å². The molecule has 0 spiro atoms. The first-order chi connectivity index (χ1) is 9.69. The summed E-state index contributed by atoms with van der Waals surface area (Å²) < 4.78 is 0. The number of anilines is 1. The molecule has 4 heteroatoms. The Balaban J connectivity index is 1.85. The van der Waals surface area contributed by atoms with Gasteiger partial charge in [-0.25, -0.2) is 4.98 Å². The molecule has 2 rings (SSSR count). The predicted molar refractivity (Wildman–Crippen MR) is 83.7 cm³/mol. The van der Waals surface area contributed by atoms with Gasteiger partial charge in [-0.05, 0) is 32.2 Å². The Kier molecular flexibility index (Phi) is 5.77. The van der Waals surface area contributed by atoms with Crippen molar-refractivity contribution in [3.05, 3.63) is 18.1 Å². The lowest BCUT2D eigenvalue weighted by atomic mass is 9.86. The molecule has 1 aliphatic rings. The fourth-order valence-electron chi connectivity index (χ4n) is 2.97. The Morgan fingerprint density at radius 1 is 1.30 bits per heavy atom. The second kappa shape index (κ2) is 7.58. The van der Waals surface area contributed by atoms with Crippen LogP contribution in [0.25, 0.3) is 0 Å². The highest BCUT2D eigenvalue weighted by atomic mass is 15.1. The Labute approximate surface area is 123 Å². The lowest BCUT2D eigenvalue weighted by Gasteiger charge is -2.33. The molecule has 1 saturated carbocycles. The summed E-state index contributed by atoms with van der Waals surface area (Å²) >= 11 is 0. The molecule has 1 fully saturated rings. The second-order valence-electron chi connectivity index (χ2n) is 6.16. The van der Waals surface area contributed by atoms with Gasteiger partial charge in [0.05, 0.1) is 18.1 Å². The van der Waals surface area contributed by atoms with Gasteiger partial charge in [0.25, 0.3) is 0 Å². The molecule has 1 aromatic rings. The molecule has 1 heterocycles. The molecular weight excluding hydrogens is 248 g/mol. The van der Waals surface area contributed by atoms with E-state index < -0.39 is 0 Å². The van der Waals surface area contributed by atoms with Gasteiger partial charge in [0, 0.05) is 19.1 Å². The van der Waals surface area contributed by atoms with Crippen LogP contribution in [0.15, 0.2) is 12.4 Å². The number of rotatable bonds is 6. The van der Waals surface area contributed by atoms with Crippen molar-refractivity contribution in [1.82, 2.24) is 14.9 Å². The van der Waals surface area contributed by atoms with Gasteiger partial charge in [-0.2, -0.15) is 0 Å². The van der Waals surface area contributed by atoms with Crippen LogP contribution >= 0.6 is 0 Å². The maximum Gasteiger partial charge on any atom is 0.144 e. The zero-order valence-corrected chi connectivity index (χ0v) is 13.1. The molecule has 1 aliphatic carbocycles. The van der Waals surface area contributed by atoms with Crippen molar-refractivity contribution < 1.29 is 0 Å². The topological polar surface area (TPSA) is 41.1 Å². The Morgan fingerprint density at radius 3 is 2.80 bits per heavy atom. The fourth-order valence-corrected chi connectivity index (χ4v) is 2.97. The standard InChI is InChI=1S/C16H28N4/c1-4-8-17-16-11-18-14(10-19-16)12-20(3)15-7-5-6-13(2)9-15/h10-11,13,15H,4-9,12H2,1-3H3,(H,17,19). The van der Waals surface area contributed by atoms with E-state index in [1.54, 1.807) is 0 Å². The van der Waals surface area contributed by atoms with Crippen molar-refractivity contribution in [3.8, 4) is 0 Å². The first-order valence-corrected chi connectivity index (χ1v) is 7.94. The van der Waals surface area contributed by atoms with Crippen LogP contribution < -0.4 is 5.32 Å². The highest BCUT2D eigenvalue weighted by molar-refractivity contribution is 5.30. The minimum Gasteiger partial charge on any atom is -0.369 e. The lowest BCUT2D eigenvalue weighted by molar-refractivity contribution is 0.156. The number of nitrogens with zero attached hydrogens (tertiary/aromatic N) is 3. The van der Waals surface area contributed by atoms with E-state index in [-0.39, 0.29) is 0 Å². The van der Waals surface area contributed by atoms with Gasteiger partial charge < -0.3 is 5.32 Å². The number of aromatic nitrogens is 2. The monoisotopic (exact) mass is 276 g/mol. The minimum atomic E-state index is 0.707. The molecular formula is C16H28N4. The van der Waals surface area contributed by atoms with E-state index in [1.165, 1.54) is 25.7 Å². The van der Waals surface area contributed by atoms with Crippen LogP contribution in [-0.4, -0.2) is 34.5 Å². The third-order valence-corrected chi connectivity index (χ3v) is 4.20. The number of hydrogen-bond donors (Lipinski definition) is 1. The van der Waals surface area contributed by atoms with Crippen molar-refractivity contribution in [2.24, 2.45) is 5.92 Å². The van der Waals surface area contributed by atoms with Crippen LogP contribution in [0.2, 0.25) is 0 Å². The Morgan fingerprint density at radius 2 is 2.15 bits per heavy atom. The lowest BCUT2D eigenvalue weighted by Crippen LogP contribution is -2.35. The van der Waals surface area contributed by atoms with Gasteiger partial charge in [-0.15, -0.1) is 0 Å². The van der Waals surface area contributed by atoms with E-state index in [2.05, 4.69) is 41.1 Å². The molecule has 0 aromatic carbocycles. The first kappa shape index (κ1) is 15.2. The van der Waals surface area contributed by atoms with E-state index in [0.717, 1.165) is 36.9 Å². The SMILES string of the molecule is CCCNc1cnc(CN(C)C2CCCC(C)C2)cn1. The maximum absolute atomic E-state index is 4.52. The number of nitrogens with one attached hydrogen (secondary N) is 1. The average molecular weight is 276 g/mol. The summed E-state index contributed by atoms with van der Waals surface area (Å²) in [6, 6.07) is 0.707. The number of hydrogen-bond acceptors (Lipinski definition) is 4. The van der Waals surface area contributed by atoms with Crippen molar-refractivity contribution >= 4 is 5.82 Å². The van der Waals surface area contributed by atoms with Gasteiger partial charge >= 0.3 is 0 Å². The van der Waals surface area contributed by atoms with Gasteiger partial charge in [-0.3, -0.25) is 9.88 Å². The van der Waals surface area contributed by atoms with Gasteiger partial charge in [-0.1, -0.05) is 26.7 Å². The molecule has 1 N–H and O–H groups in total. The van der Waals surface area contributed by atoms with Gasteiger partial charge in [0.1, 0.15) is 5.82 Å². The summed E-state index contributed by atoms with van der Waals surface area (Å²) in [4.78, 5) is 11.4. The molecule has 0 saturated heterocycles. The fraction of sp³-hybridized carbons (Fsp3) is 0.750. The van der Waals surface area contributed by atoms with Crippen molar-refractivity contribution in [2.75, 3.05) is 18.9 Å². The van der Waals surface area contributed by atoms with Crippen LogP contribution in [0.3, 0.4) is 0 Å². The summed E-state index contributed by atoms with van der Waals surface area (Å²) in [5, 5.41) is 3.26. The van der Waals surface area contributed by atoms with E-state index in [1.807, 2.05) is 12.4 Å². The van der Waals surface area contributed by atoms with Crippen LogP contribution in [-0.2, 0) is 6.54 Å². The van der Waals surface area contributed by atoms with Crippen molar-refractivity contribution in [2.45, 2.75) is 58.5 Å². The summed E-state index contributed by atoms with van der Waals surface area (Å²) in [6.07, 6.45) is 10.3. The molecule has 2 unspecified atom stereocenters. The molecule has 0 amide bonds. The van der Waals surface area contributed by atoms with E-state index >= 15 is 0 Å². The third-order valence-electron chi connectivity index (χ3n) is 4.20. The average Bonchev–Trinajstić information content (AvgIpc) is 2.46. The van der Waals surface area contributed by atoms with E-state index in [9.17, 15) is 0 Å². The third kappa shape index (κ3) is 4.44. The van der Waals surface area contributed by atoms with Crippen LogP contribution in [0.4, 0.5) is 5.82 Å². The Bertz CT molecular complexity index is 390. The van der Waals surface area contributed by atoms with E-state index in [4.69, 9.17) is 0 Å². The molecule has 1 aromatic heterocycles. The van der Waals surface area contributed by atoms with Crippen LogP contribution in [0, 0.1) is 5.92 Å². The molecule has 112 valence electrons. The van der Waals surface area contributed by atoms with E-state index in [0.29, 0.717) is 6.04 Å². The summed E-state index contributed by atoms with van der Waals surface area (Å²) in [6.45, 7) is 6.37. The van der Waals surface area contributed by atoms with Gasteiger partial charge in [0.15, 0.2) is 0 Å². The molecule has 0 bridgehead atoms.